The van der Waals surface area contributed by atoms with Crippen molar-refractivity contribution in [2.24, 2.45) is 0 Å². The van der Waals surface area contributed by atoms with Gasteiger partial charge in [0.05, 0.1) is 18.1 Å². The molecule has 6 nitrogen and oxygen atoms in total. The van der Waals surface area contributed by atoms with Crippen molar-refractivity contribution >= 4 is 17.5 Å². The van der Waals surface area contributed by atoms with E-state index in [9.17, 15) is 4.79 Å². The zero-order valence-electron chi connectivity index (χ0n) is 12.0. The average molecular weight is 294 g/mol. The van der Waals surface area contributed by atoms with Gasteiger partial charge < -0.3 is 9.73 Å². The number of nitrogens with one attached hydrogen (secondary N) is 1. The number of anilines is 2. The molecule has 0 amide bonds. The Morgan fingerprint density at radius 3 is 2.86 bits per heavy atom. The first kappa shape index (κ1) is 13.9. The summed E-state index contributed by atoms with van der Waals surface area (Å²) in [6.07, 6.45) is 8.53. The van der Waals surface area contributed by atoms with Crippen molar-refractivity contribution in [1.82, 2.24) is 15.0 Å². The van der Waals surface area contributed by atoms with Crippen LogP contribution in [0.3, 0.4) is 0 Å². The van der Waals surface area contributed by atoms with E-state index in [4.69, 9.17) is 4.42 Å². The summed E-state index contributed by atoms with van der Waals surface area (Å²) in [7, 11) is 0. The molecule has 3 aromatic rings. The fraction of sp³-hybridized carbons (Fsp3) is 0.125. The first-order chi connectivity index (χ1) is 10.7. The summed E-state index contributed by atoms with van der Waals surface area (Å²) in [5.74, 6) is 0.0853. The van der Waals surface area contributed by atoms with Gasteiger partial charge in [-0.15, -0.1) is 0 Å². The smallest absolute Gasteiger partial charge is 0.299 e. The third kappa shape index (κ3) is 3.35. The van der Waals surface area contributed by atoms with E-state index in [1.54, 1.807) is 31.7 Å². The maximum absolute atomic E-state index is 11.2. The van der Waals surface area contributed by atoms with Gasteiger partial charge in [-0.3, -0.25) is 14.8 Å². The fourth-order valence-corrected chi connectivity index (χ4v) is 2.08. The third-order valence-electron chi connectivity index (χ3n) is 3.00. The predicted molar refractivity (Wildman–Crippen MR) is 81.6 cm³/mol. The Balaban J connectivity index is 1.87. The molecule has 0 saturated carbocycles. The summed E-state index contributed by atoms with van der Waals surface area (Å²) in [5, 5.41) is 3.03. The standard InChI is InChI=1S/C16H14N4O2/c1-11(21)6-14-7-12(2-3-18-14)13-8-15(10-17-9-13)20-16-19-4-5-22-16/h2-5,7-10H,6H2,1H3,(H,19,20). The molecule has 1 N–H and O–H groups in total. The molecule has 0 atom stereocenters. The second-order valence-electron chi connectivity index (χ2n) is 4.84. The van der Waals surface area contributed by atoms with E-state index in [1.807, 2.05) is 18.2 Å². The van der Waals surface area contributed by atoms with E-state index < -0.39 is 0 Å². The Morgan fingerprint density at radius 2 is 2.09 bits per heavy atom. The molecule has 0 aliphatic carbocycles. The summed E-state index contributed by atoms with van der Waals surface area (Å²) in [6.45, 7) is 1.55. The van der Waals surface area contributed by atoms with E-state index in [-0.39, 0.29) is 5.78 Å². The SMILES string of the molecule is CC(=O)Cc1cc(-c2cncc(Nc3ncco3)c2)ccn1. The number of aromatic nitrogens is 3. The highest BCUT2D eigenvalue weighted by Gasteiger charge is 2.05. The lowest BCUT2D eigenvalue weighted by Gasteiger charge is -2.06. The van der Waals surface area contributed by atoms with Crippen LogP contribution in [0, 0.1) is 0 Å². The van der Waals surface area contributed by atoms with Gasteiger partial charge in [-0.25, -0.2) is 4.98 Å². The van der Waals surface area contributed by atoms with Crippen molar-refractivity contribution in [3.8, 4) is 11.1 Å². The largest absolute Gasteiger partial charge is 0.432 e. The normalized spacial score (nSPS) is 10.4. The fourth-order valence-electron chi connectivity index (χ4n) is 2.08. The number of Topliss-reactive ketones (excluding diaryl/α,β-unsaturated/α-hetero) is 1. The molecular weight excluding hydrogens is 280 g/mol. The van der Waals surface area contributed by atoms with Crippen molar-refractivity contribution < 1.29 is 9.21 Å². The van der Waals surface area contributed by atoms with E-state index in [0.29, 0.717) is 12.4 Å². The lowest BCUT2D eigenvalue weighted by Crippen LogP contribution is -1.99. The lowest BCUT2D eigenvalue weighted by atomic mass is 10.1. The van der Waals surface area contributed by atoms with Crippen LogP contribution in [-0.2, 0) is 11.2 Å². The van der Waals surface area contributed by atoms with Crippen molar-refractivity contribution in [2.45, 2.75) is 13.3 Å². The van der Waals surface area contributed by atoms with Crippen LogP contribution in [0.4, 0.5) is 11.7 Å². The molecule has 0 spiro atoms. The van der Waals surface area contributed by atoms with Crippen molar-refractivity contribution in [2.75, 3.05) is 5.32 Å². The molecule has 0 radical (unpaired) electrons. The number of oxazole rings is 1. The van der Waals surface area contributed by atoms with E-state index in [0.717, 1.165) is 22.5 Å². The number of nitrogens with zero attached hydrogens (tertiary/aromatic N) is 3. The summed E-state index contributed by atoms with van der Waals surface area (Å²) in [4.78, 5) is 23.6. The summed E-state index contributed by atoms with van der Waals surface area (Å²) in [5.41, 5.74) is 3.39. The Hall–Kier alpha value is -3.02. The highest BCUT2D eigenvalue weighted by molar-refractivity contribution is 5.78. The molecule has 3 rings (SSSR count). The van der Waals surface area contributed by atoms with Crippen LogP contribution in [0.15, 0.2) is 53.7 Å². The topological polar surface area (TPSA) is 80.9 Å². The van der Waals surface area contributed by atoms with Crippen LogP contribution in [-0.4, -0.2) is 20.7 Å². The number of ketones is 1. The molecule has 6 heteroatoms. The van der Waals surface area contributed by atoms with Gasteiger partial charge in [-0.05, 0) is 30.7 Å². The minimum absolute atomic E-state index is 0.0853. The van der Waals surface area contributed by atoms with Gasteiger partial charge in [-0.1, -0.05) is 0 Å². The van der Waals surface area contributed by atoms with Gasteiger partial charge in [-0.2, -0.15) is 0 Å². The summed E-state index contributed by atoms with van der Waals surface area (Å²) in [6, 6.07) is 6.12. The van der Waals surface area contributed by atoms with E-state index in [2.05, 4.69) is 20.3 Å². The van der Waals surface area contributed by atoms with Gasteiger partial charge in [0.1, 0.15) is 12.0 Å². The van der Waals surface area contributed by atoms with Crippen LogP contribution in [0.1, 0.15) is 12.6 Å². The Labute approximate surface area is 127 Å². The molecule has 0 unspecified atom stereocenters. The minimum Gasteiger partial charge on any atom is -0.432 e. The Morgan fingerprint density at radius 1 is 1.18 bits per heavy atom. The van der Waals surface area contributed by atoms with Gasteiger partial charge >= 0.3 is 0 Å². The molecule has 0 aromatic carbocycles. The Kier molecular flexibility index (Phi) is 3.91. The minimum atomic E-state index is 0.0853. The number of hydrogen-bond donors (Lipinski definition) is 1. The van der Waals surface area contributed by atoms with Crippen LogP contribution in [0.2, 0.25) is 0 Å². The number of pyridine rings is 2. The summed E-state index contributed by atoms with van der Waals surface area (Å²) >= 11 is 0. The molecule has 22 heavy (non-hydrogen) atoms. The van der Waals surface area contributed by atoms with Crippen LogP contribution < -0.4 is 5.32 Å². The molecule has 0 saturated heterocycles. The second kappa shape index (κ2) is 6.17. The quantitative estimate of drug-likeness (QED) is 0.779. The van der Waals surface area contributed by atoms with Crippen LogP contribution in [0.25, 0.3) is 11.1 Å². The van der Waals surface area contributed by atoms with Crippen molar-refractivity contribution in [1.29, 1.82) is 0 Å². The van der Waals surface area contributed by atoms with Crippen LogP contribution >= 0.6 is 0 Å². The third-order valence-corrected chi connectivity index (χ3v) is 3.00. The number of rotatable bonds is 5. The molecule has 0 aliphatic heterocycles. The van der Waals surface area contributed by atoms with Gasteiger partial charge in [0.15, 0.2) is 0 Å². The second-order valence-corrected chi connectivity index (χ2v) is 4.84. The average Bonchev–Trinajstić information content (AvgIpc) is 3.00. The van der Waals surface area contributed by atoms with E-state index in [1.165, 1.54) is 6.26 Å². The lowest BCUT2D eigenvalue weighted by molar-refractivity contribution is -0.116. The first-order valence-corrected chi connectivity index (χ1v) is 6.77. The van der Waals surface area contributed by atoms with Crippen molar-refractivity contribution in [3.63, 3.8) is 0 Å². The molecule has 0 aliphatic rings. The van der Waals surface area contributed by atoms with Gasteiger partial charge in [0.25, 0.3) is 6.01 Å². The monoisotopic (exact) mass is 294 g/mol. The molecule has 110 valence electrons. The predicted octanol–water partition coefficient (Wildman–Crippen LogP) is 3.01. The zero-order valence-corrected chi connectivity index (χ0v) is 12.0. The molecule has 0 bridgehead atoms. The van der Waals surface area contributed by atoms with Crippen molar-refractivity contribution in [3.05, 3.63) is 54.9 Å². The number of carbonyl (C=O) groups excluding carboxylic acids is 1. The Bertz CT molecular complexity index is 784. The summed E-state index contributed by atoms with van der Waals surface area (Å²) < 4.78 is 5.15. The number of carbonyl (C=O) groups is 1. The zero-order chi connectivity index (χ0) is 15.4. The number of hydrogen-bond acceptors (Lipinski definition) is 6. The first-order valence-electron chi connectivity index (χ1n) is 6.77. The van der Waals surface area contributed by atoms with E-state index >= 15 is 0 Å². The maximum Gasteiger partial charge on any atom is 0.299 e. The molecule has 3 aromatic heterocycles. The van der Waals surface area contributed by atoms with Gasteiger partial charge in [0, 0.05) is 30.1 Å². The van der Waals surface area contributed by atoms with Gasteiger partial charge in [0.2, 0.25) is 0 Å². The molecular formula is C16H14N4O2. The highest BCUT2D eigenvalue weighted by Crippen LogP contribution is 2.23. The molecule has 3 heterocycles. The van der Waals surface area contributed by atoms with Crippen LogP contribution in [0.5, 0.6) is 0 Å². The maximum atomic E-state index is 11.2. The highest BCUT2D eigenvalue weighted by atomic mass is 16.4. The molecule has 0 fully saturated rings.